The van der Waals surface area contributed by atoms with Gasteiger partial charge in [0.15, 0.2) is 11.6 Å². The Morgan fingerprint density at radius 2 is 1.94 bits per heavy atom. The lowest BCUT2D eigenvalue weighted by atomic mass is 10.1. The maximum Gasteiger partial charge on any atom is 0.414 e. The zero-order chi connectivity index (χ0) is 25.9. The smallest absolute Gasteiger partial charge is 0.414 e. The van der Waals surface area contributed by atoms with Gasteiger partial charge in [-0.05, 0) is 20.8 Å². The summed E-state index contributed by atoms with van der Waals surface area (Å²) in [5.74, 6) is -2.51. The Balaban J connectivity index is 1.93. The van der Waals surface area contributed by atoms with Gasteiger partial charge in [0, 0.05) is 32.7 Å². The van der Waals surface area contributed by atoms with Crippen LogP contribution in [0.3, 0.4) is 0 Å². The van der Waals surface area contributed by atoms with Gasteiger partial charge in [-0.25, -0.2) is 18.6 Å². The second-order valence-electron chi connectivity index (χ2n) is 9.28. The van der Waals surface area contributed by atoms with Crippen LogP contribution in [0.4, 0.5) is 38.1 Å². The highest BCUT2D eigenvalue weighted by atomic mass is 35.5. The molecule has 7 nitrogen and oxygen atoms in total. The monoisotopic (exact) mass is 519 g/mol. The Hall–Kier alpha value is -2.86. The number of aromatic amines is 1. The zero-order valence-electron chi connectivity index (χ0n) is 19.3. The van der Waals surface area contributed by atoms with Crippen molar-refractivity contribution >= 4 is 51.0 Å². The van der Waals surface area contributed by atoms with Gasteiger partial charge in [-0.3, -0.25) is 4.90 Å². The van der Waals surface area contributed by atoms with Gasteiger partial charge in [0.2, 0.25) is 0 Å². The van der Waals surface area contributed by atoms with Crippen LogP contribution in [0, 0.1) is 11.6 Å². The molecular formula is C22H23ClF5N5O2. The number of anilines is 2. The van der Waals surface area contributed by atoms with E-state index in [0.717, 1.165) is 11.0 Å². The van der Waals surface area contributed by atoms with E-state index in [1.807, 2.05) is 0 Å². The fourth-order valence-electron chi connectivity index (χ4n) is 4.08. The van der Waals surface area contributed by atoms with Crippen molar-refractivity contribution in [3.05, 3.63) is 28.9 Å². The summed E-state index contributed by atoms with van der Waals surface area (Å²) in [4.78, 5) is 22.0. The lowest BCUT2D eigenvalue weighted by Crippen LogP contribution is -2.57. The molecule has 1 aliphatic heterocycles. The number of carbonyl (C=O) groups excluding carboxylic acids is 1. The van der Waals surface area contributed by atoms with E-state index in [-0.39, 0.29) is 51.4 Å². The number of nitrogens with one attached hydrogen (secondary N) is 2. The molecule has 2 aromatic heterocycles. The number of benzene rings is 1. The van der Waals surface area contributed by atoms with Crippen LogP contribution < -0.4 is 15.1 Å². The van der Waals surface area contributed by atoms with Crippen LogP contribution in [-0.4, -0.2) is 60.6 Å². The zero-order valence-corrected chi connectivity index (χ0v) is 20.0. The van der Waals surface area contributed by atoms with Gasteiger partial charge in [-0.1, -0.05) is 11.6 Å². The minimum atomic E-state index is -4.52. The summed E-state index contributed by atoms with van der Waals surface area (Å²) in [6.07, 6.45) is -4.10. The van der Waals surface area contributed by atoms with E-state index >= 15 is 4.39 Å². The average Bonchev–Trinajstić information content (AvgIpc) is 3.13. The maximum atomic E-state index is 15.2. The van der Waals surface area contributed by atoms with E-state index in [0.29, 0.717) is 0 Å². The minimum absolute atomic E-state index is 0.00382. The van der Waals surface area contributed by atoms with Gasteiger partial charge in [0.05, 0.1) is 38.9 Å². The number of pyridine rings is 1. The standard InChI is InChI=1S/C22H23ClF5N5O2/c1-21(2,3)35-20(34)32(4)12-7-11(24)16(25)14-15-18(10(23)8-30-19(15)31-17(12)14)33-6-5-29-13(9-33)22(26,27)28/h7-8,13,29H,5-6,9H2,1-4H3,(H,30,31). The highest BCUT2D eigenvalue weighted by molar-refractivity contribution is 6.36. The molecule has 1 aromatic carbocycles. The third-order valence-corrected chi connectivity index (χ3v) is 5.89. The molecule has 13 heteroatoms. The van der Waals surface area contributed by atoms with Crippen LogP contribution in [0.1, 0.15) is 20.8 Å². The Morgan fingerprint density at radius 3 is 2.57 bits per heavy atom. The number of rotatable bonds is 2. The van der Waals surface area contributed by atoms with E-state index in [4.69, 9.17) is 16.3 Å². The molecule has 1 amide bonds. The predicted octanol–water partition coefficient (Wildman–Crippen LogP) is 5.36. The molecule has 0 bridgehead atoms. The number of hydrogen-bond acceptors (Lipinski definition) is 5. The van der Waals surface area contributed by atoms with Crippen LogP contribution >= 0.6 is 11.6 Å². The molecule has 0 aliphatic carbocycles. The molecule has 1 fully saturated rings. The second kappa shape index (κ2) is 8.66. The van der Waals surface area contributed by atoms with E-state index in [2.05, 4.69) is 15.3 Å². The Labute approximate surface area is 202 Å². The van der Waals surface area contributed by atoms with Crippen molar-refractivity contribution in [1.82, 2.24) is 15.3 Å². The normalized spacial score (nSPS) is 17.3. The van der Waals surface area contributed by atoms with Crippen LogP contribution in [0.2, 0.25) is 5.02 Å². The summed E-state index contributed by atoms with van der Waals surface area (Å²) in [7, 11) is 1.33. The van der Waals surface area contributed by atoms with Crippen LogP contribution in [-0.2, 0) is 4.74 Å². The summed E-state index contributed by atoms with van der Waals surface area (Å²) in [6.45, 7) is 4.61. The van der Waals surface area contributed by atoms with E-state index in [9.17, 15) is 22.4 Å². The van der Waals surface area contributed by atoms with Crippen LogP contribution in [0.25, 0.3) is 21.9 Å². The molecular weight excluding hydrogens is 497 g/mol. The fourth-order valence-corrected chi connectivity index (χ4v) is 4.34. The summed E-state index contributed by atoms with van der Waals surface area (Å²) in [6, 6.07) is -1.00. The van der Waals surface area contributed by atoms with E-state index < -0.39 is 42.1 Å². The number of aromatic nitrogens is 2. The highest BCUT2D eigenvalue weighted by Gasteiger charge is 2.42. The quantitative estimate of drug-likeness (QED) is 0.446. The van der Waals surface area contributed by atoms with E-state index in [1.165, 1.54) is 18.1 Å². The van der Waals surface area contributed by atoms with Crippen LogP contribution in [0.5, 0.6) is 0 Å². The van der Waals surface area contributed by atoms with Crippen molar-refractivity contribution in [3.63, 3.8) is 0 Å². The third-order valence-electron chi connectivity index (χ3n) is 5.61. The number of H-pyrrole nitrogens is 1. The van der Waals surface area contributed by atoms with Gasteiger partial charge in [0.1, 0.15) is 17.3 Å². The van der Waals surface area contributed by atoms with Gasteiger partial charge in [-0.15, -0.1) is 0 Å². The van der Waals surface area contributed by atoms with Gasteiger partial charge in [-0.2, -0.15) is 13.2 Å². The molecule has 3 heterocycles. The molecule has 1 atom stereocenters. The fraction of sp³-hybridized carbons (Fsp3) is 0.455. The molecule has 3 aromatic rings. The lowest BCUT2D eigenvalue weighted by molar-refractivity contribution is -0.155. The SMILES string of the molecule is CN(C(=O)OC(C)(C)C)c1cc(F)c(F)c2c1[nH]c1ncc(Cl)c(N3CCNC(C(F)(F)F)C3)c12. The summed E-state index contributed by atoms with van der Waals surface area (Å²) < 4.78 is 75.5. The van der Waals surface area contributed by atoms with Crippen molar-refractivity contribution in [1.29, 1.82) is 0 Å². The van der Waals surface area contributed by atoms with Crippen molar-refractivity contribution in [2.45, 2.75) is 38.6 Å². The number of piperazine rings is 1. The molecule has 1 unspecified atom stereocenters. The van der Waals surface area contributed by atoms with Crippen molar-refractivity contribution < 1.29 is 31.5 Å². The molecule has 190 valence electrons. The Morgan fingerprint density at radius 1 is 1.26 bits per heavy atom. The molecule has 0 saturated carbocycles. The first kappa shape index (κ1) is 25.2. The van der Waals surface area contributed by atoms with Crippen LogP contribution in [0.15, 0.2) is 12.3 Å². The van der Waals surface area contributed by atoms with Gasteiger partial charge >= 0.3 is 12.3 Å². The lowest BCUT2D eigenvalue weighted by Gasteiger charge is -2.36. The minimum Gasteiger partial charge on any atom is -0.443 e. The third kappa shape index (κ3) is 4.68. The van der Waals surface area contributed by atoms with Crippen molar-refractivity contribution in [3.8, 4) is 0 Å². The van der Waals surface area contributed by atoms with Gasteiger partial charge < -0.3 is 19.9 Å². The number of alkyl halides is 3. The van der Waals surface area contributed by atoms with Crippen molar-refractivity contribution in [2.24, 2.45) is 0 Å². The molecule has 4 rings (SSSR count). The first-order chi connectivity index (χ1) is 16.2. The largest absolute Gasteiger partial charge is 0.443 e. The predicted molar refractivity (Wildman–Crippen MR) is 123 cm³/mol. The Kier molecular flexibility index (Phi) is 6.25. The average molecular weight is 520 g/mol. The number of nitrogens with zero attached hydrogens (tertiary/aromatic N) is 3. The Bertz CT molecular complexity index is 1300. The number of amides is 1. The number of halogens is 6. The molecule has 0 spiro atoms. The molecule has 0 radical (unpaired) electrons. The first-order valence-electron chi connectivity index (χ1n) is 10.7. The van der Waals surface area contributed by atoms with Crippen molar-refractivity contribution in [2.75, 3.05) is 36.5 Å². The molecule has 35 heavy (non-hydrogen) atoms. The molecule has 1 saturated heterocycles. The molecule has 1 aliphatic rings. The highest BCUT2D eigenvalue weighted by Crippen LogP contribution is 2.43. The topological polar surface area (TPSA) is 73.5 Å². The van der Waals surface area contributed by atoms with E-state index in [1.54, 1.807) is 20.8 Å². The first-order valence-corrected chi connectivity index (χ1v) is 11.1. The van der Waals surface area contributed by atoms with Gasteiger partial charge in [0.25, 0.3) is 0 Å². The number of carbonyl (C=O) groups is 1. The summed E-state index contributed by atoms with van der Waals surface area (Å²) in [5, 5.41) is 2.13. The maximum absolute atomic E-state index is 15.2. The number of hydrogen-bond donors (Lipinski definition) is 2. The summed E-state index contributed by atoms with van der Waals surface area (Å²) >= 11 is 6.35. The number of fused-ring (bicyclic) bond motifs is 3. The number of ether oxygens (including phenoxy) is 1. The summed E-state index contributed by atoms with van der Waals surface area (Å²) in [5.41, 5.74) is -0.699. The molecule has 2 N–H and O–H groups in total. The second-order valence-corrected chi connectivity index (χ2v) is 9.69.